The molecule has 0 aromatic heterocycles. The number of carbonyl (C=O) groups is 1. The Morgan fingerprint density at radius 3 is 2.61 bits per heavy atom. The first-order valence-electron chi connectivity index (χ1n) is 7.43. The molecule has 1 unspecified atom stereocenters. The SMILES string of the molecule is COc1ccc(C(=O)N2c3ccccc3OCC2C)cc1OC. The van der Waals surface area contributed by atoms with E-state index in [-0.39, 0.29) is 11.9 Å². The predicted molar refractivity (Wildman–Crippen MR) is 87.8 cm³/mol. The number of ether oxygens (including phenoxy) is 3. The Bertz CT molecular complexity index is 729. The van der Waals surface area contributed by atoms with Crippen molar-refractivity contribution >= 4 is 11.6 Å². The monoisotopic (exact) mass is 313 g/mol. The molecule has 0 fully saturated rings. The van der Waals surface area contributed by atoms with Gasteiger partial charge >= 0.3 is 0 Å². The molecule has 0 saturated heterocycles. The molecular weight excluding hydrogens is 294 g/mol. The van der Waals surface area contributed by atoms with E-state index in [1.807, 2.05) is 31.2 Å². The molecule has 1 amide bonds. The van der Waals surface area contributed by atoms with Crippen molar-refractivity contribution in [1.29, 1.82) is 0 Å². The summed E-state index contributed by atoms with van der Waals surface area (Å²) in [5, 5.41) is 0. The average Bonchev–Trinajstić information content (AvgIpc) is 2.60. The summed E-state index contributed by atoms with van der Waals surface area (Å²) in [4.78, 5) is 14.8. The minimum atomic E-state index is -0.0887. The first-order chi connectivity index (χ1) is 11.2. The van der Waals surface area contributed by atoms with Crippen LogP contribution in [0.2, 0.25) is 0 Å². The van der Waals surface area contributed by atoms with Gasteiger partial charge in [0.2, 0.25) is 0 Å². The van der Waals surface area contributed by atoms with Crippen molar-refractivity contribution in [2.75, 3.05) is 25.7 Å². The van der Waals surface area contributed by atoms with E-state index in [9.17, 15) is 4.79 Å². The van der Waals surface area contributed by atoms with Gasteiger partial charge in [0.15, 0.2) is 11.5 Å². The molecule has 5 heteroatoms. The zero-order valence-corrected chi connectivity index (χ0v) is 13.4. The van der Waals surface area contributed by atoms with Gasteiger partial charge in [-0.1, -0.05) is 12.1 Å². The predicted octanol–water partition coefficient (Wildman–Crippen LogP) is 3.13. The van der Waals surface area contributed by atoms with Gasteiger partial charge in [0, 0.05) is 5.56 Å². The van der Waals surface area contributed by atoms with Gasteiger partial charge < -0.3 is 14.2 Å². The third-order valence-corrected chi connectivity index (χ3v) is 3.89. The molecule has 0 radical (unpaired) electrons. The van der Waals surface area contributed by atoms with Crippen molar-refractivity contribution in [3.8, 4) is 17.2 Å². The van der Waals surface area contributed by atoms with Crippen LogP contribution >= 0.6 is 0 Å². The molecule has 1 heterocycles. The van der Waals surface area contributed by atoms with Crippen LogP contribution in [-0.4, -0.2) is 32.8 Å². The second-order valence-electron chi connectivity index (χ2n) is 5.37. The minimum absolute atomic E-state index is 0.0505. The number of fused-ring (bicyclic) bond motifs is 1. The zero-order valence-electron chi connectivity index (χ0n) is 13.4. The summed E-state index contributed by atoms with van der Waals surface area (Å²) < 4.78 is 16.2. The summed E-state index contributed by atoms with van der Waals surface area (Å²) in [5.41, 5.74) is 1.33. The Labute approximate surface area is 135 Å². The van der Waals surface area contributed by atoms with E-state index < -0.39 is 0 Å². The molecule has 3 rings (SSSR count). The van der Waals surface area contributed by atoms with Gasteiger partial charge in [-0.3, -0.25) is 9.69 Å². The Morgan fingerprint density at radius 2 is 1.87 bits per heavy atom. The van der Waals surface area contributed by atoms with Crippen LogP contribution in [0.1, 0.15) is 17.3 Å². The first kappa shape index (κ1) is 15.2. The van der Waals surface area contributed by atoms with Crippen LogP contribution in [0.15, 0.2) is 42.5 Å². The van der Waals surface area contributed by atoms with E-state index in [0.29, 0.717) is 23.7 Å². The summed E-state index contributed by atoms with van der Waals surface area (Å²) >= 11 is 0. The Hall–Kier alpha value is -2.69. The maximum absolute atomic E-state index is 13.0. The highest BCUT2D eigenvalue weighted by Crippen LogP contribution is 2.35. The van der Waals surface area contributed by atoms with Gasteiger partial charge in [-0.05, 0) is 37.3 Å². The Kier molecular flexibility index (Phi) is 4.10. The summed E-state index contributed by atoms with van der Waals surface area (Å²) in [6.45, 7) is 2.44. The fraction of sp³-hybridized carbons (Fsp3) is 0.278. The van der Waals surface area contributed by atoms with Crippen LogP contribution in [0, 0.1) is 0 Å². The molecule has 2 aromatic rings. The number of anilines is 1. The van der Waals surface area contributed by atoms with Gasteiger partial charge in [0.1, 0.15) is 12.4 Å². The van der Waals surface area contributed by atoms with E-state index in [2.05, 4.69) is 0 Å². The summed E-state index contributed by atoms with van der Waals surface area (Å²) in [6, 6.07) is 12.7. The lowest BCUT2D eigenvalue weighted by molar-refractivity contribution is 0.0960. The molecule has 1 aliphatic heterocycles. The number of amides is 1. The number of rotatable bonds is 3. The number of methoxy groups -OCH3 is 2. The van der Waals surface area contributed by atoms with Crippen LogP contribution in [0.25, 0.3) is 0 Å². The Morgan fingerprint density at radius 1 is 1.13 bits per heavy atom. The van der Waals surface area contributed by atoms with Crippen LogP contribution in [0.4, 0.5) is 5.69 Å². The fourth-order valence-corrected chi connectivity index (χ4v) is 2.72. The smallest absolute Gasteiger partial charge is 0.258 e. The molecule has 120 valence electrons. The van der Waals surface area contributed by atoms with Gasteiger partial charge in [-0.25, -0.2) is 0 Å². The van der Waals surface area contributed by atoms with Crippen molar-refractivity contribution in [2.24, 2.45) is 0 Å². The second-order valence-corrected chi connectivity index (χ2v) is 5.37. The highest BCUT2D eigenvalue weighted by Gasteiger charge is 2.30. The summed E-state index contributed by atoms with van der Waals surface area (Å²) in [5.74, 6) is 1.76. The standard InChI is InChI=1S/C18H19NO4/c1-12-11-23-15-7-5-4-6-14(15)19(12)18(20)13-8-9-16(21-2)17(10-13)22-3/h4-10,12H,11H2,1-3H3. The van der Waals surface area contributed by atoms with Crippen molar-refractivity contribution < 1.29 is 19.0 Å². The third-order valence-electron chi connectivity index (χ3n) is 3.89. The van der Waals surface area contributed by atoms with Gasteiger partial charge in [-0.15, -0.1) is 0 Å². The molecule has 0 bridgehead atoms. The first-order valence-corrected chi connectivity index (χ1v) is 7.43. The molecule has 2 aromatic carbocycles. The van der Waals surface area contributed by atoms with Crippen LogP contribution < -0.4 is 19.1 Å². The topological polar surface area (TPSA) is 48.0 Å². The molecule has 0 spiro atoms. The number of hydrogen-bond donors (Lipinski definition) is 0. The van der Waals surface area contributed by atoms with Crippen molar-refractivity contribution in [2.45, 2.75) is 13.0 Å². The third kappa shape index (κ3) is 2.70. The fourth-order valence-electron chi connectivity index (χ4n) is 2.72. The van der Waals surface area contributed by atoms with Crippen molar-refractivity contribution in [3.05, 3.63) is 48.0 Å². The average molecular weight is 313 g/mol. The number of para-hydroxylation sites is 2. The van der Waals surface area contributed by atoms with Crippen LogP contribution in [0.3, 0.4) is 0 Å². The van der Waals surface area contributed by atoms with Gasteiger partial charge in [0.25, 0.3) is 5.91 Å². The van der Waals surface area contributed by atoms with Gasteiger partial charge in [-0.2, -0.15) is 0 Å². The van der Waals surface area contributed by atoms with E-state index in [1.54, 1.807) is 37.3 Å². The number of nitrogens with zero attached hydrogens (tertiary/aromatic N) is 1. The van der Waals surface area contributed by atoms with Crippen molar-refractivity contribution in [3.63, 3.8) is 0 Å². The number of benzene rings is 2. The molecular formula is C18H19NO4. The van der Waals surface area contributed by atoms with Crippen molar-refractivity contribution in [1.82, 2.24) is 0 Å². The zero-order chi connectivity index (χ0) is 16.4. The lowest BCUT2D eigenvalue weighted by Gasteiger charge is -2.35. The number of carbonyl (C=O) groups excluding carboxylic acids is 1. The number of hydrogen-bond acceptors (Lipinski definition) is 4. The van der Waals surface area contributed by atoms with E-state index in [0.717, 1.165) is 11.4 Å². The summed E-state index contributed by atoms with van der Waals surface area (Å²) in [7, 11) is 3.12. The largest absolute Gasteiger partial charge is 0.493 e. The normalized spacial score (nSPS) is 16.3. The van der Waals surface area contributed by atoms with Gasteiger partial charge in [0.05, 0.1) is 25.9 Å². The molecule has 0 N–H and O–H groups in total. The molecule has 1 atom stereocenters. The molecule has 5 nitrogen and oxygen atoms in total. The Balaban J connectivity index is 2.00. The molecule has 1 aliphatic rings. The molecule has 0 aliphatic carbocycles. The highest BCUT2D eigenvalue weighted by atomic mass is 16.5. The lowest BCUT2D eigenvalue weighted by Crippen LogP contribution is -2.45. The quantitative estimate of drug-likeness (QED) is 0.873. The van der Waals surface area contributed by atoms with Crippen LogP contribution in [-0.2, 0) is 0 Å². The van der Waals surface area contributed by atoms with E-state index in [4.69, 9.17) is 14.2 Å². The van der Waals surface area contributed by atoms with E-state index >= 15 is 0 Å². The summed E-state index contributed by atoms with van der Waals surface area (Å²) in [6.07, 6.45) is 0. The second kappa shape index (κ2) is 6.20. The maximum atomic E-state index is 13.0. The maximum Gasteiger partial charge on any atom is 0.258 e. The van der Waals surface area contributed by atoms with E-state index in [1.165, 1.54) is 0 Å². The highest BCUT2D eigenvalue weighted by molar-refractivity contribution is 6.07. The lowest BCUT2D eigenvalue weighted by atomic mass is 10.1. The molecule has 0 saturated carbocycles. The minimum Gasteiger partial charge on any atom is -0.493 e. The van der Waals surface area contributed by atoms with Crippen LogP contribution in [0.5, 0.6) is 17.2 Å². The molecule has 23 heavy (non-hydrogen) atoms.